The highest BCUT2D eigenvalue weighted by Gasteiger charge is 2.44. The Morgan fingerprint density at radius 2 is 1.88 bits per heavy atom. The zero-order valence-corrected chi connectivity index (χ0v) is 18.2. The Morgan fingerprint density at radius 3 is 2.46 bits per heavy atom. The van der Waals surface area contributed by atoms with E-state index in [4.69, 9.17) is 9.16 Å². The molecule has 1 aromatic carbocycles. The number of benzene rings is 1. The van der Waals surface area contributed by atoms with Crippen LogP contribution in [0.4, 0.5) is 0 Å². The number of piperidine rings is 1. The molecule has 0 aliphatic carbocycles. The minimum Gasteiger partial charge on any atom is -0.466 e. The Balaban J connectivity index is 2.10. The minimum absolute atomic E-state index is 0.0398. The van der Waals surface area contributed by atoms with Crippen LogP contribution in [0.2, 0.25) is 18.1 Å². The lowest BCUT2D eigenvalue weighted by atomic mass is 9.94. The van der Waals surface area contributed by atoms with Gasteiger partial charge in [0.15, 0.2) is 8.32 Å². The van der Waals surface area contributed by atoms with Gasteiger partial charge in [-0.05, 0) is 37.0 Å². The second-order valence-corrected chi connectivity index (χ2v) is 13.5. The molecule has 0 N–H and O–H groups in total. The standard InChI is InChI=1S/C21H35NO3Si/c1-7-24-20(23)18-16-22(15-17-11-9-8-10-12-17)14-13-19(18)25-26(5,6)21(2,3)4/h8-12,18-19H,7,13-16H2,1-6H3/t18-,19-/m0/s1. The highest BCUT2D eigenvalue weighted by molar-refractivity contribution is 6.74. The van der Waals surface area contributed by atoms with Crippen LogP contribution in [0.5, 0.6) is 0 Å². The molecule has 0 saturated carbocycles. The van der Waals surface area contributed by atoms with Crippen LogP contribution in [0.1, 0.15) is 39.7 Å². The molecular formula is C21H35NO3Si. The molecule has 1 aromatic rings. The highest BCUT2D eigenvalue weighted by atomic mass is 28.4. The molecule has 2 rings (SSSR count). The maximum absolute atomic E-state index is 12.6. The summed E-state index contributed by atoms with van der Waals surface area (Å²) in [6.45, 7) is 16.0. The normalized spacial score (nSPS) is 22.2. The van der Waals surface area contributed by atoms with E-state index in [9.17, 15) is 4.79 Å². The van der Waals surface area contributed by atoms with Crippen molar-refractivity contribution >= 4 is 14.3 Å². The van der Waals surface area contributed by atoms with E-state index in [1.54, 1.807) is 0 Å². The van der Waals surface area contributed by atoms with Gasteiger partial charge in [-0.25, -0.2) is 0 Å². The molecule has 4 nitrogen and oxygen atoms in total. The Hall–Kier alpha value is -1.17. The molecule has 0 radical (unpaired) electrons. The van der Waals surface area contributed by atoms with Gasteiger partial charge in [0.05, 0.1) is 18.6 Å². The fourth-order valence-electron chi connectivity index (χ4n) is 3.16. The van der Waals surface area contributed by atoms with Gasteiger partial charge in [0.25, 0.3) is 0 Å². The molecular weight excluding hydrogens is 342 g/mol. The molecule has 1 fully saturated rings. The van der Waals surface area contributed by atoms with Crippen molar-refractivity contribution in [3.63, 3.8) is 0 Å². The SMILES string of the molecule is CCOC(=O)[C@H]1CN(Cc2ccccc2)CC[C@@H]1O[Si](C)(C)C(C)(C)C. The maximum Gasteiger partial charge on any atom is 0.312 e. The third-order valence-corrected chi connectivity index (χ3v) is 10.2. The number of hydrogen-bond acceptors (Lipinski definition) is 4. The topological polar surface area (TPSA) is 38.8 Å². The molecule has 5 heteroatoms. The molecule has 1 saturated heterocycles. The quantitative estimate of drug-likeness (QED) is 0.542. The number of esters is 1. The van der Waals surface area contributed by atoms with Gasteiger partial charge in [-0.15, -0.1) is 0 Å². The number of carbonyl (C=O) groups excluding carboxylic acids is 1. The molecule has 1 aliphatic rings. The second kappa shape index (κ2) is 8.68. The molecule has 0 unspecified atom stereocenters. The predicted octanol–water partition coefficient (Wildman–Crippen LogP) is 4.46. The van der Waals surface area contributed by atoms with Crippen molar-refractivity contribution in [1.82, 2.24) is 4.90 Å². The van der Waals surface area contributed by atoms with Gasteiger partial charge in [0.1, 0.15) is 0 Å². The number of hydrogen-bond donors (Lipinski definition) is 0. The van der Waals surface area contributed by atoms with E-state index in [0.29, 0.717) is 13.2 Å². The Kier molecular flexibility index (Phi) is 7.05. The number of ether oxygens (including phenoxy) is 1. The summed E-state index contributed by atoms with van der Waals surface area (Å²) in [6.07, 6.45) is 0.838. The Bertz CT molecular complexity index is 583. The van der Waals surface area contributed by atoms with E-state index in [1.165, 1.54) is 5.56 Å². The van der Waals surface area contributed by atoms with E-state index < -0.39 is 8.32 Å². The first-order valence-corrected chi connectivity index (χ1v) is 12.7. The maximum atomic E-state index is 12.6. The monoisotopic (exact) mass is 377 g/mol. The molecule has 0 aromatic heterocycles. The molecule has 26 heavy (non-hydrogen) atoms. The first kappa shape index (κ1) is 21.1. The summed E-state index contributed by atoms with van der Waals surface area (Å²) in [5.41, 5.74) is 1.28. The third-order valence-electron chi connectivity index (χ3n) is 5.72. The molecule has 1 aliphatic heterocycles. The first-order valence-electron chi connectivity index (χ1n) is 9.75. The van der Waals surface area contributed by atoms with Crippen molar-refractivity contribution < 1.29 is 14.0 Å². The first-order chi connectivity index (χ1) is 12.1. The van der Waals surface area contributed by atoms with Gasteiger partial charge in [0.2, 0.25) is 0 Å². The fourth-order valence-corrected chi connectivity index (χ4v) is 4.55. The van der Waals surface area contributed by atoms with E-state index in [-0.39, 0.29) is 23.0 Å². The third kappa shape index (κ3) is 5.41. The average Bonchev–Trinajstić information content (AvgIpc) is 2.56. The van der Waals surface area contributed by atoms with Gasteiger partial charge in [-0.1, -0.05) is 51.1 Å². The average molecular weight is 378 g/mol. The lowest BCUT2D eigenvalue weighted by Crippen LogP contribution is -2.53. The summed E-state index contributed by atoms with van der Waals surface area (Å²) in [5, 5.41) is 0.132. The molecule has 2 atom stereocenters. The van der Waals surface area contributed by atoms with Gasteiger partial charge >= 0.3 is 5.97 Å². The summed E-state index contributed by atoms with van der Waals surface area (Å²) in [4.78, 5) is 15.0. The molecule has 0 bridgehead atoms. The lowest BCUT2D eigenvalue weighted by molar-refractivity contribution is -0.154. The number of nitrogens with zero attached hydrogens (tertiary/aromatic N) is 1. The Morgan fingerprint density at radius 1 is 1.23 bits per heavy atom. The van der Waals surface area contributed by atoms with Crippen molar-refractivity contribution in [3.05, 3.63) is 35.9 Å². The predicted molar refractivity (Wildman–Crippen MR) is 109 cm³/mol. The Labute approximate surface area is 160 Å². The van der Waals surface area contributed by atoms with E-state index in [1.807, 2.05) is 13.0 Å². The zero-order chi connectivity index (χ0) is 19.4. The van der Waals surface area contributed by atoms with Crippen LogP contribution in [-0.2, 0) is 20.5 Å². The lowest BCUT2D eigenvalue weighted by Gasteiger charge is -2.44. The van der Waals surface area contributed by atoms with Crippen LogP contribution in [0, 0.1) is 5.92 Å². The van der Waals surface area contributed by atoms with Crippen molar-refractivity contribution in [1.29, 1.82) is 0 Å². The smallest absolute Gasteiger partial charge is 0.312 e. The molecule has 0 spiro atoms. The zero-order valence-electron chi connectivity index (χ0n) is 17.2. The van der Waals surface area contributed by atoms with Crippen molar-refractivity contribution in [2.75, 3.05) is 19.7 Å². The van der Waals surface area contributed by atoms with Crippen LogP contribution in [0.3, 0.4) is 0 Å². The minimum atomic E-state index is -1.93. The van der Waals surface area contributed by atoms with Crippen molar-refractivity contribution in [3.8, 4) is 0 Å². The van der Waals surface area contributed by atoms with E-state index >= 15 is 0 Å². The fraction of sp³-hybridized carbons (Fsp3) is 0.667. The highest BCUT2D eigenvalue weighted by Crippen LogP contribution is 2.39. The largest absolute Gasteiger partial charge is 0.466 e. The van der Waals surface area contributed by atoms with E-state index in [0.717, 1.165) is 19.5 Å². The summed E-state index contributed by atoms with van der Waals surface area (Å²) in [7, 11) is -1.93. The van der Waals surface area contributed by atoms with Gasteiger partial charge in [-0.2, -0.15) is 0 Å². The van der Waals surface area contributed by atoms with Crippen LogP contribution in [0.25, 0.3) is 0 Å². The van der Waals surface area contributed by atoms with Gasteiger partial charge in [0, 0.05) is 19.6 Å². The summed E-state index contributed by atoms with van der Waals surface area (Å²) < 4.78 is 12.0. The number of carbonyl (C=O) groups is 1. The van der Waals surface area contributed by atoms with Crippen molar-refractivity contribution in [2.24, 2.45) is 5.92 Å². The molecule has 146 valence electrons. The summed E-state index contributed by atoms with van der Waals surface area (Å²) in [5.74, 6) is -0.324. The van der Waals surface area contributed by atoms with Crippen LogP contribution >= 0.6 is 0 Å². The van der Waals surface area contributed by atoms with Gasteiger partial charge < -0.3 is 9.16 Å². The molecule has 1 heterocycles. The number of likely N-dealkylation sites (tertiary alicyclic amines) is 1. The van der Waals surface area contributed by atoms with Gasteiger partial charge in [-0.3, -0.25) is 9.69 Å². The van der Waals surface area contributed by atoms with E-state index in [2.05, 4.69) is 63.0 Å². The summed E-state index contributed by atoms with van der Waals surface area (Å²) in [6, 6.07) is 10.4. The molecule has 0 amide bonds. The number of rotatable bonds is 6. The van der Waals surface area contributed by atoms with Crippen LogP contribution < -0.4 is 0 Å². The van der Waals surface area contributed by atoms with Crippen molar-refractivity contribution in [2.45, 2.75) is 64.9 Å². The van der Waals surface area contributed by atoms with Crippen LogP contribution in [-0.4, -0.2) is 45.0 Å². The summed E-state index contributed by atoms with van der Waals surface area (Å²) >= 11 is 0. The second-order valence-electron chi connectivity index (χ2n) is 8.78. The van der Waals surface area contributed by atoms with Crippen LogP contribution in [0.15, 0.2) is 30.3 Å².